The Kier molecular flexibility index (Phi) is 5.09. The van der Waals surface area contributed by atoms with E-state index in [1.165, 1.54) is 11.1 Å². The van der Waals surface area contributed by atoms with Crippen LogP contribution in [0.2, 0.25) is 0 Å². The molecule has 0 aliphatic carbocycles. The molecule has 0 aliphatic heterocycles. The van der Waals surface area contributed by atoms with Gasteiger partial charge in [-0.15, -0.1) is 0 Å². The molecule has 1 N–H and O–H groups in total. The number of rotatable bonds is 4. The highest BCUT2D eigenvalue weighted by atomic mass is 16.3. The summed E-state index contributed by atoms with van der Waals surface area (Å²) in [7, 11) is 0. The van der Waals surface area contributed by atoms with Gasteiger partial charge in [-0.2, -0.15) is 5.10 Å². The summed E-state index contributed by atoms with van der Waals surface area (Å²) in [6.07, 6.45) is 1.68. The molecular weight excluding hydrogens is 410 g/mol. The summed E-state index contributed by atoms with van der Waals surface area (Å²) in [5, 5.41) is 7.28. The van der Waals surface area contributed by atoms with Crippen molar-refractivity contribution in [1.29, 1.82) is 0 Å². The van der Waals surface area contributed by atoms with Crippen LogP contribution >= 0.6 is 0 Å². The number of aryl methyl sites for hydroxylation is 2. The van der Waals surface area contributed by atoms with Gasteiger partial charge in [0.05, 0.1) is 6.21 Å². The zero-order valence-electron chi connectivity index (χ0n) is 19.1. The largest absolute Gasteiger partial charge is 0.451 e. The molecule has 33 heavy (non-hydrogen) atoms. The predicted molar refractivity (Wildman–Crippen MR) is 133 cm³/mol. The zero-order chi connectivity index (χ0) is 23.1. The average Bonchev–Trinajstić information content (AvgIpc) is 3.37. The molecule has 5 rings (SSSR count). The van der Waals surface area contributed by atoms with E-state index in [4.69, 9.17) is 4.42 Å². The van der Waals surface area contributed by atoms with E-state index in [0.717, 1.165) is 38.8 Å². The molecule has 0 saturated carbocycles. The smallest absolute Gasteiger partial charge is 0.307 e. The van der Waals surface area contributed by atoms with Crippen LogP contribution in [0.5, 0.6) is 0 Å². The standard InChI is InChI=1S/C28H25N3O2/c1-17-8-7-11-25(19(17)3)31-18(2)14-22(20(31)4)16-29-30-28(32)27-15-24-23-10-6-5-9-21(23)12-13-26(24)33-27/h5-16H,1-4H3,(H,30,32). The Morgan fingerprint density at radius 2 is 1.76 bits per heavy atom. The molecular formula is C28H25N3O2. The van der Waals surface area contributed by atoms with Crippen LogP contribution in [0, 0.1) is 27.7 Å². The molecule has 164 valence electrons. The van der Waals surface area contributed by atoms with Crippen molar-refractivity contribution < 1.29 is 9.21 Å². The first-order chi connectivity index (χ1) is 15.9. The molecule has 5 aromatic rings. The molecule has 5 nitrogen and oxygen atoms in total. The Labute approximate surface area is 192 Å². The predicted octanol–water partition coefficient (Wildman–Crippen LogP) is 6.37. The number of carbonyl (C=O) groups excluding carboxylic acids is 1. The number of fused-ring (bicyclic) bond motifs is 3. The fourth-order valence-electron chi connectivity index (χ4n) is 4.39. The van der Waals surface area contributed by atoms with Gasteiger partial charge in [0, 0.05) is 28.0 Å². The maximum atomic E-state index is 12.7. The summed E-state index contributed by atoms with van der Waals surface area (Å²) in [6, 6.07) is 22.1. The Balaban J connectivity index is 1.39. The number of hydrogen-bond donors (Lipinski definition) is 1. The molecule has 5 heteroatoms. The minimum atomic E-state index is -0.380. The molecule has 0 spiro atoms. The van der Waals surface area contributed by atoms with Gasteiger partial charge < -0.3 is 8.98 Å². The maximum absolute atomic E-state index is 12.7. The van der Waals surface area contributed by atoms with E-state index in [0.29, 0.717) is 5.58 Å². The SMILES string of the molecule is Cc1cccc(-n2c(C)cc(C=NNC(=O)c3cc4c(ccc5ccccc54)o3)c2C)c1C. The van der Waals surface area contributed by atoms with Crippen LogP contribution in [0.15, 0.2) is 76.2 Å². The van der Waals surface area contributed by atoms with Crippen molar-refractivity contribution in [3.8, 4) is 5.69 Å². The van der Waals surface area contributed by atoms with Crippen molar-refractivity contribution in [3.63, 3.8) is 0 Å². The summed E-state index contributed by atoms with van der Waals surface area (Å²) in [6.45, 7) is 8.38. The number of amides is 1. The lowest BCUT2D eigenvalue weighted by atomic mass is 10.1. The first-order valence-electron chi connectivity index (χ1n) is 10.9. The van der Waals surface area contributed by atoms with Crippen LogP contribution in [0.25, 0.3) is 27.4 Å². The van der Waals surface area contributed by atoms with Crippen LogP contribution in [0.1, 0.15) is 38.6 Å². The second-order valence-corrected chi connectivity index (χ2v) is 8.39. The van der Waals surface area contributed by atoms with Gasteiger partial charge in [0.1, 0.15) is 5.58 Å². The molecule has 0 fully saturated rings. The van der Waals surface area contributed by atoms with E-state index in [9.17, 15) is 4.79 Å². The first kappa shape index (κ1) is 20.8. The summed E-state index contributed by atoms with van der Waals surface area (Å²) in [5.41, 5.74) is 10.1. The van der Waals surface area contributed by atoms with Crippen molar-refractivity contribution in [1.82, 2.24) is 9.99 Å². The number of aromatic nitrogens is 1. The third-order valence-corrected chi connectivity index (χ3v) is 6.31. The van der Waals surface area contributed by atoms with Crippen LogP contribution < -0.4 is 5.43 Å². The molecule has 1 amide bonds. The highest BCUT2D eigenvalue weighted by molar-refractivity contribution is 6.08. The molecule has 0 aliphatic rings. The lowest BCUT2D eigenvalue weighted by Gasteiger charge is -2.14. The average molecular weight is 436 g/mol. The number of nitrogens with one attached hydrogen (secondary N) is 1. The lowest BCUT2D eigenvalue weighted by Crippen LogP contribution is -2.16. The summed E-state index contributed by atoms with van der Waals surface area (Å²) in [4.78, 5) is 12.7. The number of hydrazone groups is 1. The third-order valence-electron chi connectivity index (χ3n) is 6.31. The molecule has 2 aromatic heterocycles. The van der Waals surface area contributed by atoms with Gasteiger partial charge in [-0.25, -0.2) is 5.43 Å². The molecule has 0 atom stereocenters. The van der Waals surface area contributed by atoms with Crippen LogP contribution in [-0.2, 0) is 0 Å². The van der Waals surface area contributed by atoms with E-state index in [-0.39, 0.29) is 11.7 Å². The number of carbonyl (C=O) groups is 1. The molecule has 0 bridgehead atoms. The van der Waals surface area contributed by atoms with Crippen LogP contribution in [0.4, 0.5) is 0 Å². The first-order valence-corrected chi connectivity index (χ1v) is 10.9. The molecule has 2 heterocycles. The van der Waals surface area contributed by atoms with Crippen molar-refractivity contribution in [2.45, 2.75) is 27.7 Å². The molecule has 3 aromatic carbocycles. The van der Waals surface area contributed by atoms with Crippen molar-refractivity contribution >= 4 is 33.9 Å². The minimum Gasteiger partial charge on any atom is -0.451 e. The maximum Gasteiger partial charge on any atom is 0.307 e. The second kappa shape index (κ2) is 8.10. The highest BCUT2D eigenvalue weighted by Crippen LogP contribution is 2.28. The normalized spacial score (nSPS) is 11.6. The number of nitrogens with zero attached hydrogens (tertiary/aromatic N) is 2. The Morgan fingerprint density at radius 3 is 2.61 bits per heavy atom. The Hall–Kier alpha value is -4.12. The van der Waals surface area contributed by atoms with Gasteiger partial charge in [0.2, 0.25) is 0 Å². The van der Waals surface area contributed by atoms with Gasteiger partial charge in [-0.05, 0) is 73.9 Å². The summed E-state index contributed by atoms with van der Waals surface area (Å²) < 4.78 is 8.00. The van der Waals surface area contributed by atoms with E-state index < -0.39 is 0 Å². The number of furan rings is 1. The fourth-order valence-corrected chi connectivity index (χ4v) is 4.39. The molecule has 0 radical (unpaired) electrons. The zero-order valence-corrected chi connectivity index (χ0v) is 19.1. The van der Waals surface area contributed by atoms with Crippen molar-refractivity contribution in [2.24, 2.45) is 5.10 Å². The Morgan fingerprint density at radius 1 is 0.939 bits per heavy atom. The van der Waals surface area contributed by atoms with Crippen LogP contribution in [-0.4, -0.2) is 16.7 Å². The number of hydrogen-bond acceptors (Lipinski definition) is 3. The van der Waals surface area contributed by atoms with Gasteiger partial charge in [-0.1, -0.05) is 42.5 Å². The molecule has 0 unspecified atom stereocenters. The van der Waals surface area contributed by atoms with Gasteiger partial charge >= 0.3 is 5.91 Å². The quantitative estimate of drug-likeness (QED) is 0.263. The van der Waals surface area contributed by atoms with Crippen molar-refractivity contribution in [2.75, 3.05) is 0 Å². The van der Waals surface area contributed by atoms with Gasteiger partial charge in [0.15, 0.2) is 5.76 Å². The van der Waals surface area contributed by atoms with E-state index in [2.05, 4.69) is 67.1 Å². The van der Waals surface area contributed by atoms with Gasteiger partial charge in [0.25, 0.3) is 0 Å². The minimum absolute atomic E-state index is 0.236. The van der Waals surface area contributed by atoms with E-state index >= 15 is 0 Å². The second-order valence-electron chi connectivity index (χ2n) is 8.39. The molecule has 0 saturated heterocycles. The monoisotopic (exact) mass is 435 g/mol. The van der Waals surface area contributed by atoms with Crippen molar-refractivity contribution in [3.05, 3.63) is 101 Å². The Bertz CT molecular complexity index is 1550. The number of benzene rings is 3. The van der Waals surface area contributed by atoms with Crippen LogP contribution in [0.3, 0.4) is 0 Å². The highest BCUT2D eigenvalue weighted by Gasteiger charge is 2.15. The van der Waals surface area contributed by atoms with E-state index in [1.807, 2.05) is 36.4 Å². The summed E-state index contributed by atoms with van der Waals surface area (Å²) >= 11 is 0. The lowest BCUT2D eigenvalue weighted by molar-refractivity contribution is 0.0929. The fraction of sp³-hybridized carbons (Fsp3) is 0.143. The topological polar surface area (TPSA) is 59.5 Å². The van der Waals surface area contributed by atoms with Gasteiger partial charge in [-0.3, -0.25) is 4.79 Å². The van der Waals surface area contributed by atoms with E-state index in [1.54, 1.807) is 12.3 Å². The summed E-state index contributed by atoms with van der Waals surface area (Å²) in [5.74, 6) is -0.144. The third kappa shape index (κ3) is 3.61.